The first-order valence-corrected chi connectivity index (χ1v) is 11.9. The molecule has 170 valence electrons. The first-order chi connectivity index (χ1) is 15.6. The second kappa shape index (κ2) is 11.0. The Kier molecular flexibility index (Phi) is 7.85. The van der Waals surface area contributed by atoms with Gasteiger partial charge < -0.3 is 14.5 Å². The lowest BCUT2D eigenvalue weighted by Crippen LogP contribution is -2.49. The summed E-state index contributed by atoms with van der Waals surface area (Å²) in [5.41, 5.74) is 3.13. The van der Waals surface area contributed by atoms with Crippen LogP contribution in [0.4, 0.5) is 5.69 Å². The average Bonchev–Trinajstić information content (AvgIpc) is 3.37. The van der Waals surface area contributed by atoms with E-state index in [1.54, 1.807) is 18.2 Å². The van der Waals surface area contributed by atoms with Crippen molar-refractivity contribution in [3.8, 4) is 0 Å². The van der Waals surface area contributed by atoms with E-state index in [0.717, 1.165) is 32.7 Å². The van der Waals surface area contributed by atoms with E-state index in [1.165, 1.54) is 24.1 Å². The summed E-state index contributed by atoms with van der Waals surface area (Å²) in [5, 5.41) is 0.591. The summed E-state index contributed by atoms with van der Waals surface area (Å²) in [5.74, 6) is 0.0462. The Morgan fingerprint density at radius 3 is 2.50 bits per heavy atom. The summed E-state index contributed by atoms with van der Waals surface area (Å²) in [4.78, 5) is 19.6. The number of hydrogen-bond acceptors (Lipinski definition) is 4. The number of ether oxygens (including phenoxy) is 1. The molecule has 6 heteroatoms. The van der Waals surface area contributed by atoms with Crippen LogP contribution in [0, 0.1) is 0 Å². The van der Waals surface area contributed by atoms with Crippen LogP contribution in [0.1, 0.15) is 34.9 Å². The van der Waals surface area contributed by atoms with Crippen molar-refractivity contribution in [2.24, 2.45) is 0 Å². The highest BCUT2D eigenvalue weighted by Crippen LogP contribution is 2.27. The number of carbonyl (C=O) groups is 1. The zero-order valence-electron chi connectivity index (χ0n) is 18.6. The molecule has 4 rings (SSSR count). The number of hydrogen-bond donors (Lipinski definition) is 0. The molecular formula is C26H32ClN3O2. The molecule has 2 aromatic rings. The largest absolute Gasteiger partial charge is 0.372 e. The molecule has 1 unspecified atom stereocenters. The van der Waals surface area contributed by atoms with Crippen molar-refractivity contribution in [3.63, 3.8) is 0 Å². The Morgan fingerprint density at radius 1 is 1.03 bits per heavy atom. The number of benzene rings is 2. The van der Waals surface area contributed by atoms with Gasteiger partial charge in [0.2, 0.25) is 0 Å². The smallest absolute Gasteiger partial charge is 0.253 e. The molecule has 5 nitrogen and oxygen atoms in total. The van der Waals surface area contributed by atoms with Crippen molar-refractivity contribution < 1.29 is 9.53 Å². The molecule has 0 spiro atoms. The fourth-order valence-electron chi connectivity index (χ4n) is 4.51. The number of anilines is 1. The maximum Gasteiger partial charge on any atom is 0.253 e. The van der Waals surface area contributed by atoms with Crippen LogP contribution in [0.15, 0.2) is 61.2 Å². The molecule has 0 aliphatic carbocycles. The number of nitrogens with zero attached hydrogens (tertiary/aromatic N) is 3. The van der Waals surface area contributed by atoms with E-state index in [1.807, 2.05) is 17.0 Å². The number of rotatable bonds is 8. The summed E-state index contributed by atoms with van der Waals surface area (Å²) in [7, 11) is 0. The molecule has 0 N–H and O–H groups in total. The summed E-state index contributed by atoms with van der Waals surface area (Å²) in [6.07, 6.45) is 4.31. The maximum atomic E-state index is 12.8. The lowest BCUT2D eigenvalue weighted by molar-refractivity contribution is 0.0245. The van der Waals surface area contributed by atoms with Gasteiger partial charge in [-0.05, 0) is 48.7 Å². The third-order valence-corrected chi connectivity index (χ3v) is 6.52. The van der Waals surface area contributed by atoms with Crippen LogP contribution < -0.4 is 4.90 Å². The number of amides is 1. The molecule has 1 amide bonds. The van der Waals surface area contributed by atoms with Crippen molar-refractivity contribution in [3.05, 3.63) is 77.3 Å². The number of carbonyl (C=O) groups excluding carboxylic acids is 1. The van der Waals surface area contributed by atoms with E-state index in [9.17, 15) is 4.79 Å². The molecule has 0 bridgehead atoms. The summed E-state index contributed by atoms with van der Waals surface area (Å²) in [6.45, 7) is 10.5. The van der Waals surface area contributed by atoms with E-state index in [-0.39, 0.29) is 12.0 Å². The minimum Gasteiger partial charge on any atom is -0.372 e. The zero-order chi connectivity index (χ0) is 22.3. The summed E-state index contributed by atoms with van der Waals surface area (Å²) in [6, 6.07) is 15.9. The summed E-state index contributed by atoms with van der Waals surface area (Å²) < 4.78 is 6.18. The molecule has 2 aromatic carbocycles. The predicted octanol–water partition coefficient (Wildman–Crippen LogP) is 4.64. The van der Waals surface area contributed by atoms with Gasteiger partial charge in [-0.2, -0.15) is 0 Å². The van der Waals surface area contributed by atoms with Gasteiger partial charge in [-0.3, -0.25) is 9.69 Å². The second-order valence-corrected chi connectivity index (χ2v) is 8.94. The first kappa shape index (κ1) is 22.8. The SMILES string of the molecule is C=CCOC(CN1CCN(C(=O)c2cccc(Cl)c2)CC1)c1cccc(N2CCCC2)c1. The third-order valence-electron chi connectivity index (χ3n) is 6.28. The zero-order valence-corrected chi connectivity index (χ0v) is 19.3. The Balaban J connectivity index is 1.38. The lowest BCUT2D eigenvalue weighted by atomic mass is 10.1. The Hall–Kier alpha value is -2.34. The van der Waals surface area contributed by atoms with Gasteiger partial charge in [-0.25, -0.2) is 0 Å². The van der Waals surface area contributed by atoms with Gasteiger partial charge in [-0.1, -0.05) is 35.9 Å². The molecule has 2 fully saturated rings. The first-order valence-electron chi connectivity index (χ1n) is 11.5. The minimum absolute atomic E-state index is 0.0225. The van der Waals surface area contributed by atoms with Gasteiger partial charge in [0, 0.05) is 62.1 Å². The molecule has 0 aromatic heterocycles. The molecule has 2 aliphatic heterocycles. The van der Waals surface area contributed by atoms with E-state index >= 15 is 0 Å². The molecule has 2 aliphatic rings. The molecule has 0 radical (unpaired) electrons. The van der Waals surface area contributed by atoms with Crippen LogP contribution in [-0.2, 0) is 4.74 Å². The van der Waals surface area contributed by atoms with Crippen LogP contribution >= 0.6 is 11.6 Å². The number of halogens is 1. The van der Waals surface area contributed by atoms with Crippen LogP contribution in [0.3, 0.4) is 0 Å². The number of piperazine rings is 1. The van der Waals surface area contributed by atoms with E-state index in [4.69, 9.17) is 16.3 Å². The Labute approximate surface area is 196 Å². The lowest BCUT2D eigenvalue weighted by Gasteiger charge is -2.36. The molecule has 0 saturated carbocycles. The molecular weight excluding hydrogens is 422 g/mol. The van der Waals surface area contributed by atoms with E-state index in [2.05, 4.69) is 40.6 Å². The van der Waals surface area contributed by atoms with Crippen LogP contribution in [-0.4, -0.2) is 68.1 Å². The van der Waals surface area contributed by atoms with Crippen LogP contribution in [0.2, 0.25) is 5.02 Å². The van der Waals surface area contributed by atoms with E-state index in [0.29, 0.717) is 30.3 Å². The van der Waals surface area contributed by atoms with Crippen molar-refractivity contribution in [1.29, 1.82) is 0 Å². The monoisotopic (exact) mass is 453 g/mol. The van der Waals surface area contributed by atoms with Crippen molar-refractivity contribution in [1.82, 2.24) is 9.80 Å². The van der Waals surface area contributed by atoms with Gasteiger partial charge in [0.25, 0.3) is 5.91 Å². The highest BCUT2D eigenvalue weighted by Gasteiger charge is 2.25. The highest BCUT2D eigenvalue weighted by molar-refractivity contribution is 6.30. The Morgan fingerprint density at radius 2 is 1.78 bits per heavy atom. The minimum atomic E-state index is -0.0225. The normalized spacial score (nSPS) is 18.0. The third kappa shape index (κ3) is 5.71. The standard InChI is InChI=1S/C26H32ClN3O2/c1-2-17-32-25(21-7-6-10-24(19-21)29-11-3-4-12-29)20-28-13-15-30(16-14-28)26(31)22-8-5-9-23(27)18-22/h2,5-10,18-19,25H,1,3-4,11-17,20H2. The van der Waals surface area contributed by atoms with Gasteiger partial charge >= 0.3 is 0 Å². The van der Waals surface area contributed by atoms with Gasteiger partial charge in [0.1, 0.15) is 0 Å². The molecule has 2 heterocycles. The molecule has 32 heavy (non-hydrogen) atoms. The second-order valence-electron chi connectivity index (χ2n) is 8.50. The molecule has 2 saturated heterocycles. The van der Waals surface area contributed by atoms with E-state index < -0.39 is 0 Å². The van der Waals surface area contributed by atoms with Gasteiger partial charge in [-0.15, -0.1) is 6.58 Å². The average molecular weight is 454 g/mol. The highest BCUT2D eigenvalue weighted by atomic mass is 35.5. The van der Waals surface area contributed by atoms with Crippen molar-refractivity contribution >= 4 is 23.2 Å². The summed E-state index contributed by atoms with van der Waals surface area (Å²) >= 11 is 6.06. The van der Waals surface area contributed by atoms with Crippen LogP contribution in [0.25, 0.3) is 0 Å². The maximum absolute atomic E-state index is 12.8. The van der Waals surface area contributed by atoms with Crippen molar-refractivity contribution in [2.45, 2.75) is 18.9 Å². The Bertz CT molecular complexity index is 921. The quantitative estimate of drug-likeness (QED) is 0.545. The van der Waals surface area contributed by atoms with Gasteiger partial charge in [0.05, 0.1) is 12.7 Å². The predicted molar refractivity (Wildman–Crippen MR) is 131 cm³/mol. The fraction of sp³-hybridized carbons (Fsp3) is 0.423. The van der Waals surface area contributed by atoms with Gasteiger partial charge in [0.15, 0.2) is 0 Å². The molecule has 1 atom stereocenters. The topological polar surface area (TPSA) is 36.0 Å². The van der Waals surface area contributed by atoms with Crippen molar-refractivity contribution in [2.75, 3.05) is 57.3 Å². The van der Waals surface area contributed by atoms with Crippen LogP contribution in [0.5, 0.6) is 0 Å². The fourth-order valence-corrected chi connectivity index (χ4v) is 4.70.